The fraction of sp³-hybridized carbons (Fsp3) is 0.625. The lowest BCUT2D eigenvalue weighted by Crippen LogP contribution is -2.27. The maximum atomic E-state index is 6.47. The summed E-state index contributed by atoms with van der Waals surface area (Å²) in [6.45, 7) is 9.94. The summed E-state index contributed by atoms with van der Waals surface area (Å²) in [5, 5.41) is 3.55. The Labute approximate surface area is 111 Å². The minimum absolute atomic E-state index is 0.166. The Morgan fingerprint density at radius 2 is 1.83 bits per heavy atom. The summed E-state index contributed by atoms with van der Waals surface area (Å²) >= 11 is 0. The summed E-state index contributed by atoms with van der Waals surface area (Å²) in [5.74, 6) is 0. The van der Waals surface area contributed by atoms with Crippen LogP contribution in [-0.2, 0) is 0 Å². The van der Waals surface area contributed by atoms with Crippen molar-refractivity contribution >= 4 is 0 Å². The first-order valence-electron chi connectivity index (χ1n) is 7.07. The molecule has 18 heavy (non-hydrogen) atoms. The van der Waals surface area contributed by atoms with Crippen LogP contribution in [0.15, 0.2) is 6.07 Å². The lowest BCUT2D eigenvalue weighted by molar-refractivity contribution is 0.496. The molecule has 0 radical (unpaired) electrons. The maximum absolute atomic E-state index is 6.47. The van der Waals surface area contributed by atoms with Gasteiger partial charge in [-0.05, 0) is 81.3 Å². The molecule has 2 heteroatoms. The van der Waals surface area contributed by atoms with Crippen molar-refractivity contribution in [3.05, 3.63) is 33.9 Å². The van der Waals surface area contributed by atoms with E-state index < -0.39 is 0 Å². The van der Waals surface area contributed by atoms with Crippen molar-refractivity contribution in [3.8, 4) is 0 Å². The molecule has 2 nitrogen and oxygen atoms in total. The van der Waals surface area contributed by atoms with Gasteiger partial charge in [0.1, 0.15) is 0 Å². The molecular formula is C16H26N2. The van der Waals surface area contributed by atoms with E-state index >= 15 is 0 Å². The smallest absolute Gasteiger partial charge is 0.0315 e. The largest absolute Gasteiger partial charge is 0.324 e. The van der Waals surface area contributed by atoms with Gasteiger partial charge in [-0.1, -0.05) is 6.07 Å². The second kappa shape index (κ2) is 5.41. The molecule has 1 aliphatic heterocycles. The zero-order valence-corrected chi connectivity index (χ0v) is 12.1. The van der Waals surface area contributed by atoms with Crippen LogP contribution in [0.25, 0.3) is 0 Å². The zero-order chi connectivity index (χ0) is 13.3. The minimum Gasteiger partial charge on any atom is -0.324 e. The number of hydrogen-bond acceptors (Lipinski definition) is 2. The van der Waals surface area contributed by atoms with E-state index in [1.54, 1.807) is 0 Å². The zero-order valence-electron chi connectivity index (χ0n) is 12.1. The van der Waals surface area contributed by atoms with Crippen LogP contribution < -0.4 is 11.1 Å². The fourth-order valence-electron chi connectivity index (χ4n) is 3.19. The Kier molecular flexibility index (Phi) is 4.08. The van der Waals surface area contributed by atoms with Gasteiger partial charge in [0, 0.05) is 12.1 Å². The Hall–Kier alpha value is -0.860. The van der Waals surface area contributed by atoms with Gasteiger partial charge in [0.25, 0.3) is 0 Å². The van der Waals surface area contributed by atoms with Crippen molar-refractivity contribution in [2.24, 2.45) is 5.73 Å². The monoisotopic (exact) mass is 246 g/mol. The van der Waals surface area contributed by atoms with Crippen LogP contribution in [0.1, 0.15) is 53.1 Å². The molecule has 2 unspecified atom stereocenters. The van der Waals surface area contributed by atoms with Gasteiger partial charge in [0.2, 0.25) is 0 Å². The normalized spacial score (nSPS) is 21.3. The Morgan fingerprint density at radius 3 is 2.33 bits per heavy atom. The number of rotatable bonds is 3. The molecule has 1 fully saturated rings. The summed E-state index contributed by atoms with van der Waals surface area (Å²) in [5.41, 5.74) is 13.3. The average molecular weight is 246 g/mol. The van der Waals surface area contributed by atoms with Crippen molar-refractivity contribution in [1.29, 1.82) is 0 Å². The van der Waals surface area contributed by atoms with Crippen molar-refractivity contribution < 1.29 is 0 Å². The molecule has 2 atom stereocenters. The molecule has 3 N–H and O–H groups in total. The van der Waals surface area contributed by atoms with Gasteiger partial charge in [-0.3, -0.25) is 0 Å². The van der Waals surface area contributed by atoms with Gasteiger partial charge in [-0.25, -0.2) is 0 Å². The lowest BCUT2D eigenvalue weighted by Gasteiger charge is -2.23. The van der Waals surface area contributed by atoms with Crippen molar-refractivity contribution in [3.63, 3.8) is 0 Å². The van der Waals surface area contributed by atoms with Crippen LogP contribution in [0, 0.1) is 27.7 Å². The molecule has 1 aromatic carbocycles. The highest BCUT2D eigenvalue weighted by Crippen LogP contribution is 2.29. The Bertz CT molecular complexity index is 405. The number of aryl methyl sites for hydroxylation is 2. The topological polar surface area (TPSA) is 38.0 Å². The molecule has 0 aromatic heterocycles. The molecule has 1 saturated heterocycles. The van der Waals surface area contributed by atoms with E-state index in [1.807, 2.05) is 0 Å². The number of nitrogens with one attached hydrogen (secondary N) is 1. The van der Waals surface area contributed by atoms with Gasteiger partial charge in [-0.15, -0.1) is 0 Å². The summed E-state index contributed by atoms with van der Waals surface area (Å²) in [6.07, 6.45) is 3.63. The van der Waals surface area contributed by atoms with Crippen molar-refractivity contribution in [1.82, 2.24) is 5.32 Å². The van der Waals surface area contributed by atoms with E-state index in [-0.39, 0.29) is 6.04 Å². The SMILES string of the molecule is Cc1cc(C)c(C)c(C(N)CC2CCCN2)c1C. The van der Waals surface area contributed by atoms with Crippen LogP contribution in [0.3, 0.4) is 0 Å². The number of nitrogens with two attached hydrogens (primary N) is 1. The van der Waals surface area contributed by atoms with E-state index in [0.29, 0.717) is 6.04 Å². The van der Waals surface area contributed by atoms with Gasteiger partial charge in [0.05, 0.1) is 0 Å². The van der Waals surface area contributed by atoms with Crippen LogP contribution >= 0.6 is 0 Å². The molecule has 0 spiro atoms. The summed E-state index contributed by atoms with van der Waals surface area (Å²) in [6, 6.07) is 3.05. The summed E-state index contributed by atoms with van der Waals surface area (Å²) in [4.78, 5) is 0. The van der Waals surface area contributed by atoms with Gasteiger partial charge in [-0.2, -0.15) is 0 Å². The van der Waals surface area contributed by atoms with Gasteiger partial charge in [0.15, 0.2) is 0 Å². The fourth-order valence-corrected chi connectivity index (χ4v) is 3.19. The Balaban J connectivity index is 2.25. The molecule has 0 aliphatic carbocycles. The minimum atomic E-state index is 0.166. The molecule has 0 saturated carbocycles. The first-order chi connectivity index (χ1) is 8.50. The summed E-state index contributed by atoms with van der Waals surface area (Å²) in [7, 11) is 0. The van der Waals surface area contributed by atoms with Gasteiger partial charge < -0.3 is 11.1 Å². The van der Waals surface area contributed by atoms with E-state index in [4.69, 9.17) is 5.73 Å². The highest BCUT2D eigenvalue weighted by Gasteiger charge is 2.21. The first kappa shape index (κ1) is 13.6. The second-order valence-corrected chi connectivity index (χ2v) is 5.81. The predicted molar refractivity (Wildman–Crippen MR) is 78.0 cm³/mol. The first-order valence-corrected chi connectivity index (χ1v) is 7.07. The highest BCUT2D eigenvalue weighted by molar-refractivity contribution is 5.45. The molecule has 2 rings (SSSR count). The van der Waals surface area contributed by atoms with Gasteiger partial charge >= 0.3 is 0 Å². The molecule has 0 amide bonds. The van der Waals surface area contributed by atoms with Crippen LogP contribution in [0.4, 0.5) is 0 Å². The molecular weight excluding hydrogens is 220 g/mol. The van der Waals surface area contributed by atoms with Crippen molar-refractivity contribution in [2.45, 2.75) is 59.0 Å². The lowest BCUT2D eigenvalue weighted by atomic mass is 9.87. The third-order valence-electron chi connectivity index (χ3n) is 4.50. The van der Waals surface area contributed by atoms with Crippen LogP contribution in [-0.4, -0.2) is 12.6 Å². The quantitative estimate of drug-likeness (QED) is 0.860. The van der Waals surface area contributed by atoms with Crippen LogP contribution in [0.2, 0.25) is 0 Å². The molecule has 1 aliphatic rings. The van der Waals surface area contributed by atoms with E-state index in [2.05, 4.69) is 39.1 Å². The number of benzene rings is 1. The third-order valence-corrected chi connectivity index (χ3v) is 4.50. The molecule has 100 valence electrons. The van der Waals surface area contributed by atoms with E-state index in [9.17, 15) is 0 Å². The maximum Gasteiger partial charge on any atom is 0.0315 e. The summed E-state index contributed by atoms with van der Waals surface area (Å²) < 4.78 is 0. The average Bonchev–Trinajstić information content (AvgIpc) is 2.79. The van der Waals surface area contributed by atoms with Crippen molar-refractivity contribution in [2.75, 3.05) is 6.54 Å². The third kappa shape index (κ3) is 2.60. The Morgan fingerprint density at radius 1 is 1.22 bits per heavy atom. The molecule has 1 heterocycles. The van der Waals surface area contributed by atoms with Crippen LogP contribution in [0.5, 0.6) is 0 Å². The second-order valence-electron chi connectivity index (χ2n) is 5.81. The van der Waals surface area contributed by atoms with E-state index in [1.165, 1.54) is 40.7 Å². The number of hydrogen-bond donors (Lipinski definition) is 2. The predicted octanol–water partition coefficient (Wildman–Crippen LogP) is 3.06. The standard InChI is InChI=1S/C16H26N2/c1-10-8-11(2)13(4)16(12(10)3)15(17)9-14-6-5-7-18-14/h8,14-15,18H,5-7,9,17H2,1-4H3. The highest BCUT2D eigenvalue weighted by atomic mass is 14.9. The molecule has 0 bridgehead atoms. The molecule has 1 aromatic rings. The van der Waals surface area contributed by atoms with E-state index in [0.717, 1.165) is 13.0 Å².